The molecule has 0 aliphatic carbocycles. The Morgan fingerprint density at radius 1 is 1.40 bits per heavy atom. The first-order chi connectivity index (χ1) is 4.77. The van der Waals surface area contributed by atoms with Gasteiger partial charge in [-0.2, -0.15) is 0 Å². The third kappa shape index (κ3) is 7.88. The van der Waals surface area contributed by atoms with Crippen LogP contribution in [0.25, 0.3) is 0 Å². The van der Waals surface area contributed by atoms with Gasteiger partial charge in [-0.1, -0.05) is 0 Å². The normalized spacial score (nSPS) is 13.5. The lowest BCUT2D eigenvalue weighted by atomic mass is 10.3. The van der Waals surface area contributed by atoms with Crippen LogP contribution in [-0.4, -0.2) is 31.2 Å². The van der Waals surface area contributed by atoms with Gasteiger partial charge in [0.15, 0.2) is 0 Å². The van der Waals surface area contributed by atoms with Crippen molar-refractivity contribution in [2.45, 2.75) is 26.4 Å². The van der Waals surface area contributed by atoms with Crippen molar-refractivity contribution < 1.29 is 14.6 Å². The van der Waals surface area contributed by atoms with Crippen LogP contribution in [0.4, 0.5) is 0 Å². The van der Waals surface area contributed by atoms with Gasteiger partial charge in [0.25, 0.3) is 0 Å². The van der Waals surface area contributed by atoms with E-state index in [0.29, 0.717) is 26.4 Å². The second-order valence-corrected chi connectivity index (χ2v) is 2.16. The molecule has 3 heteroatoms. The van der Waals surface area contributed by atoms with Crippen molar-refractivity contribution in [2.75, 3.05) is 20.0 Å². The Morgan fingerprint density at radius 3 is 2.60 bits per heavy atom. The minimum Gasteiger partial charge on any atom is -0.393 e. The largest absolute Gasteiger partial charge is 0.393 e. The molecular weight excluding hydrogens is 132 g/mol. The molecule has 0 fully saturated rings. The summed E-state index contributed by atoms with van der Waals surface area (Å²) >= 11 is 0. The van der Waals surface area contributed by atoms with E-state index in [9.17, 15) is 0 Å². The van der Waals surface area contributed by atoms with Crippen molar-refractivity contribution in [3.63, 3.8) is 0 Å². The van der Waals surface area contributed by atoms with E-state index in [1.165, 1.54) is 0 Å². The molecule has 1 atom stereocenters. The Hall–Kier alpha value is -0.120. The van der Waals surface area contributed by atoms with Gasteiger partial charge in [0.05, 0.1) is 12.7 Å². The zero-order valence-electron chi connectivity index (χ0n) is 6.67. The first-order valence-corrected chi connectivity index (χ1v) is 3.61. The SMILES string of the molecule is CCOCOCCC(C)O. The maximum absolute atomic E-state index is 8.79. The summed E-state index contributed by atoms with van der Waals surface area (Å²) in [6, 6.07) is 0. The van der Waals surface area contributed by atoms with E-state index in [-0.39, 0.29) is 6.10 Å². The van der Waals surface area contributed by atoms with E-state index >= 15 is 0 Å². The van der Waals surface area contributed by atoms with Crippen molar-refractivity contribution in [1.82, 2.24) is 0 Å². The molecule has 0 heterocycles. The molecule has 0 aliphatic rings. The van der Waals surface area contributed by atoms with Gasteiger partial charge in [-0.15, -0.1) is 0 Å². The first-order valence-electron chi connectivity index (χ1n) is 3.61. The second-order valence-electron chi connectivity index (χ2n) is 2.16. The molecule has 10 heavy (non-hydrogen) atoms. The lowest BCUT2D eigenvalue weighted by Gasteiger charge is -2.04. The summed E-state index contributed by atoms with van der Waals surface area (Å²) in [5.41, 5.74) is 0. The fourth-order valence-corrected chi connectivity index (χ4v) is 0.455. The predicted octanol–water partition coefficient (Wildman–Crippen LogP) is 0.768. The van der Waals surface area contributed by atoms with Crippen molar-refractivity contribution in [3.05, 3.63) is 0 Å². The summed E-state index contributed by atoms with van der Waals surface area (Å²) in [6.45, 7) is 5.23. The van der Waals surface area contributed by atoms with E-state index < -0.39 is 0 Å². The first kappa shape index (κ1) is 9.88. The third-order valence-electron chi connectivity index (χ3n) is 1.05. The van der Waals surface area contributed by atoms with Gasteiger partial charge in [0.2, 0.25) is 0 Å². The smallest absolute Gasteiger partial charge is 0.146 e. The Kier molecular flexibility index (Phi) is 6.91. The molecule has 0 amide bonds. The predicted molar refractivity (Wildman–Crippen MR) is 38.7 cm³/mol. The quantitative estimate of drug-likeness (QED) is 0.446. The summed E-state index contributed by atoms with van der Waals surface area (Å²) in [6.07, 6.45) is 0.397. The molecule has 0 aliphatic heterocycles. The van der Waals surface area contributed by atoms with Crippen molar-refractivity contribution in [1.29, 1.82) is 0 Å². The Bertz CT molecular complexity index is 63.9. The van der Waals surface area contributed by atoms with Crippen molar-refractivity contribution in [3.8, 4) is 0 Å². The molecule has 0 bridgehead atoms. The summed E-state index contributed by atoms with van der Waals surface area (Å²) in [7, 11) is 0. The van der Waals surface area contributed by atoms with Crippen LogP contribution in [0.1, 0.15) is 20.3 Å². The van der Waals surface area contributed by atoms with Gasteiger partial charge in [-0.25, -0.2) is 0 Å². The van der Waals surface area contributed by atoms with E-state index in [4.69, 9.17) is 14.6 Å². The molecule has 1 N–H and O–H groups in total. The summed E-state index contributed by atoms with van der Waals surface area (Å²) in [5, 5.41) is 8.79. The van der Waals surface area contributed by atoms with E-state index in [2.05, 4.69) is 0 Å². The van der Waals surface area contributed by atoms with Gasteiger partial charge >= 0.3 is 0 Å². The number of hydrogen-bond donors (Lipinski definition) is 1. The van der Waals surface area contributed by atoms with Crippen LogP contribution < -0.4 is 0 Å². The summed E-state index contributed by atoms with van der Waals surface area (Å²) < 4.78 is 9.91. The maximum Gasteiger partial charge on any atom is 0.146 e. The summed E-state index contributed by atoms with van der Waals surface area (Å²) in [4.78, 5) is 0. The van der Waals surface area contributed by atoms with Gasteiger partial charge in [-0.05, 0) is 20.3 Å². The molecule has 1 unspecified atom stereocenters. The Morgan fingerprint density at radius 2 is 2.10 bits per heavy atom. The van der Waals surface area contributed by atoms with Gasteiger partial charge < -0.3 is 14.6 Å². The summed E-state index contributed by atoms with van der Waals surface area (Å²) in [5.74, 6) is 0. The topological polar surface area (TPSA) is 38.7 Å². The molecule has 0 rings (SSSR count). The zero-order valence-corrected chi connectivity index (χ0v) is 6.67. The minimum absolute atomic E-state index is 0.276. The molecule has 0 aromatic rings. The Balaban J connectivity index is 2.77. The van der Waals surface area contributed by atoms with Crippen molar-refractivity contribution >= 4 is 0 Å². The van der Waals surface area contributed by atoms with Crippen LogP contribution in [0, 0.1) is 0 Å². The highest BCUT2D eigenvalue weighted by Crippen LogP contribution is 1.89. The molecule has 0 aromatic carbocycles. The molecule has 0 radical (unpaired) electrons. The average Bonchev–Trinajstić information content (AvgIpc) is 1.87. The highest BCUT2D eigenvalue weighted by molar-refractivity contribution is 4.42. The van der Waals surface area contributed by atoms with Crippen LogP contribution in [0.2, 0.25) is 0 Å². The molecule has 0 spiro atoms. The standard InChI is InChI=1S/C7H16O3/c1-3-9-6-10-5-4-7(2)8/h7-8H,3-6H2,1-2H3. The fraction of sp³-hybridized carbons (Fsp3) is 1.00. The third-order valence-corrected chi connectivity index (χ3v) is 1.05. The second kappa shape index (κ2) is 6.99. The molecular formula is C7H16O3. The van der Waals surface area contributed by atoms with E-state index in [1.807, 2.05) is 6.92 Å². The average molecular weight is 148 g/mol. The number of rotatable bonds is 6. The minimum atomic E-state index is -0.276. The zero-order chi connectivity index (χ0) is 7.82. The molecule has 0 aromatic heterocycles. The van der Waals surface area contributed by atoms with Crippen LogP contribution in [0.15, 0.2) is 0 Å². The van der Waals surface area contributed by atoms with Crippen LogP contribution in [0.3, 0.4) is 0 Å². The molecule has 0 saturated carbocycles. The Labute approximate surface area is 62.0 Å². The van der Waals surface area contributed by atoms with E-state index in [0.717, 1.165) is 0 Å². The maximum atomic E-state index is 8.79. The number of ether oxygens (including phenoxy) is 2. The lowest BCUT2D eigenvalue weighted by molar-refractivity contribution is -0.0557. The molecule has 3 nitrogen and oxygen atoms in total. The lowest BCUT2D eigenvalue weighted by Crippen LogP contribution is -2.07. The van der Waals surface area contributed by atoms with Crippen LogP contribution in [0.5, 0.6) is 0 Å². The highest BCUT2D eigenvalue weighted by Gasteiger charge is 1.93. The molecule has 62 valence electrons. The van der Waals surface area contributed by atoms with Gasteiger partial charge in [0.1, 0.15) is 6.79 Å². The monoisotopic (exact) mass is 148 g/mol. The number of aliphatic hydroxyl groups is 1. The fourth-order valence-electron chi connectivity index (χ4n) is 0.455. The van der Waals surface area contributed by atoms with Gasteiger partial charge in [-0.3, -0.25) is 0 Å². The number of aliphatic hydroxyl groups excluding tert-OH is 1. The van der Waals surface area contributed by atoms with Crippen molar-refractivity contribution in [2.24, 2.45) is 0 Å². The van der Waals surface area contributed by atoms with Crippen LogP contribution in [-0.2, 0) is 9.47 Å². The highest BCUT2D eigenvalue weighted by atomic mass is 16.7. The van der Waals surface area contributed by atoms with Gasteiger partial charge in [0, 0.05) is 6.61 Å². The number of hydrogen-bond acceptors (Lipinski definition) is 3. The van der Waals surface area contributed by atoms with Crippen LogP contribution >= 0.6 is 0 Å². The molecule has 0 saturated heterocycles. The van der Waals surface area contributed by atoms with E-state index in [1.54, 1.807) is 6.92 Å².